The fourth-order valence-corrected chi connectivity index (χ4v) is 4.28. The lowest BCUT2D eigenvalue weighted by molar-refractivity contribution is 0.0739. The predicted molar refractivity (Wildman–Crippen MR) is 119 cm³/mol. The SMILES string of the molecule is Nc1nccn2c(-c3ccc4cnc(-c5ccccc5)nc4c3)nc(C3CC(O)C3)c12. The number of nitrogens with two attached hydrogens (primary N) is 1. The summed E-state index contributed by atoms with van der Waals surface area (Å²) >= 11 is 0. The number of nitrogens with zero attached hydrogens (tertiary/aromatic N) is 5. The molecule has 152 valence electrons. The van der Waals surface area contributed by atoms with Crippen molar-refractivity contribution < 1.29 is 5.11 Å². The Morgan fingerprint density at radius 1 is 0.968 bits per heavy atom. The minimum absolute atomic E-state index is 0.192. The van der Waals surface area contributed by atoms with Crippen molar-refractivity contribution in [2.75, 3.05) is 5.73 Å². The number of aromatic nitrogens is 5. The van der Waals surface area contributed by atoms with Gasteiger partial charge in [-0.05, 0) is 18.9 Å². The Morgan fingerprint density at radius 2 is 1.81 bits per heavy atom. The smallest absolute Gasteiger partial charge is 0.159 e. The fourth-order valence-electron chi connectivity index (χ4n) is 4.28. The molecule has 31 heavy (non-hydrogen) atoms. The standard InChI is InChI=1S/C24H20N6O/c25-22-21-20(17-10-18(31)11-17)29-24(30(21)9-8-26-22)15-6-7-16-13-27-23(28-19(16)12-15)14-4-2-1-3-5-14/h1-9,12-13,17-18,31H,10-11H2,(H2,25,26). The molecule has 5 aromatic rings. The lowest BCUT2D eigenvalue weighted by atomic mass is 9.80. The van der Waals surface area contributed by atoms with Gasteiger partial charge in [0.15, 0.2) is 5.82 Å². The van der Waals surface area contributed by atoms with Gasteiger partial charge >= 0.3 is 0 Å². The lowest BCUT2D eigenvalue weighted by Crippen LogP contribution is -2.27. The number of hydrogen-bond donors (Lipinski definition) is 2. The van der Waals surface area contributed by atoms with E-state index >= 15 is 0 Å². The molecule has 1 fully saturated rings. The first kappa shape index (κ1) is 18.0. The quantitative estimate of drug-likeness (QED) is 0.470. The monoisotopic (exact) mass is 408 g/mol. The van der Waals surface area contributed by atoms with Gasteiger partial charge in [0.05, 0.1) is 17.3 Å². The first-order valence-corrected chi connectivity index (χ1v) is 10.3. The number of anilines is 1. The van der Waals surface area contributed by atoms with E-state index in [1.54, 1.807) is 6.20 Å². The molecule has 2 aromatic carbocycles. The Hall–Kier alpha value is -3.84. The van der Waals surface area contributed by atoms with Crippen LogP contribution in [0.4, 0.5) is 5.82 Å². The van der Waals surface area contributed by atoms with Crippen LogP contribution in [0.2, 0.25) is 0 Å². The van der Waals surface area contributed by atoms with E-state index in [9.17, 15) is 5.11 Å². The average molecular weight is 408 g/mol. The molecule has 3 heterocycles. The molecule has 1 aliphatic carbocycles. The summed E-state index contributed by atoms with van der Waals surface area (Å²) in [5.41, 5.74) is 10.7. The molecule has 0 aliphatic heterocycles. The van der Waals surface area contributed by atoms with Gasteiger partial charge in [0.1, 0.15) is 17.2 Å². The summed E-state index contributed by atoms with van der Waals surface area (Å²) in [6.45, 7) is 0. The third kappa shape index (κ3) is 2.93. The molecule has 0 radical (unpaired) electrons. The van der Waals surface area contributed by atoms with Crippen LogP contribution < -0.4 is 5.73 Å². The summed E-state index contributed by atoms with van der Waals surface area (Å²) in [6, 6.07) is 16.0. The van der Waals surface area contributed by atoms with Crippen molar-refractivity contribution in [3.63, 3.8) is 0 Å². The molecular formula is C24H20N6O. The number of imidazole rings is 1. The second kappa shape index (κ2) is 6.85. The predicted octanol–water partition coefficient (Wildman–Crippen LogP) is 3.83. The third-order valence-corrected chi connectivity index (χ3v) is 5.98. The first-order chi connectivity index (χ1) is 15.2. The van der Waals surface area contributed by atoms with Crippen molar-refractivity contribution in [1.82, 2.24) is 24.3 Å². The fraction of sp³-hybridized carbons (Fsp3) is 0.167. The first-order valence-electron chi connectivity index (χ1n) is 10.3. The Bertz CT molecular complexity index is 1420. The zero-order chi connectivity index (χ0) is 20.9. The Balaban J connectivity index is 1.51. The van der Waals surface area contributed by atoms with E-state index in [0.29, 0.717) is 24.5 Å². The molecule has 3 aromatic heterocycles. The van der Waals surface area contributed by atoms with Gasteiger partial charge in [-0.25, -0.2) is 19.9 Å². The zero-order valence-corrected chi connectivity index (χ0v) is 16.7. The topological polar surface area (TPSA) is 102 Å². The van der Waals surface area contributed by atoms with Crippen LogP contribution in [0.15, 0.2) is 67.1 Å². The molecule has 0 bridgehead atoms. The van der Waals surface area contributed by atoms with Gasteiger partial charge in [-0.3, -0.25) is 4.40 Å². The average Bonchev–Trinajstić information content (AvgIpc) is 3.17. The molecule has 0 spiro atoms. The normalized spacial score (nSPS) is 18.4. The van der Waals surface area contributed by atoms with Crippen LogP contribution >= 0.6 is 0 Å². The van der Waals surface area contributed by atoms with Gasteiger partial charge in [0.25, 0.3) is 0 Å². The molecule has 3 N–H and O–H groups in total. The second-order valence-corrected chi connectivity index (χ2v) is 8.01. The number of hydrogen-bond acceptors (Lipinski definition) is 6. The van der Waals surface area contributed by atoms with Crippen molar-refractivity contribution in [3.05, 3.63) is 72.8 Å². The van der Waals surface area contributed by atoms with Crippen LogP contribution in [0.1, 0.15) is 24.5 Å². The summed E-state index contributed by atoms with van der Waals surface area (Å²) in [5.74, 6) is 2.13. The van der Waals surface area contributed by atoms with E-state index in [2.05, 4.69) is 9.97 Å². The summed E-state index contributed by atoms with van der Waals surface area (Å²) in [6.07, 6.45) is 6.55. The number of aliphatic hydroxyl groups is 1. The molecular weight excluding hydrogens is 388 g/mol. The van der Waals surface area contributed by atoms with Gasteiger partial charge in [-0.1, -0.05) is 42.5 Å². The molecule has 0 amide bonds. The van der Waals surface area contributed by atoms with E-state index in [0.717, 1.165) is 39.1 Å². The maximum Gasteiger partial charge on any atom is 0.159 e. The highest BCUT2D eigenvalue weighted by molar-refractivity contribution is 5.85. The maximum absolute atomic E-state index is 9.79. The highest BCUT2D eigenvalue weighted by Gasteiger charge is 2.33. The minimum Gasteiger partial charge on any atom is -0.393 e. The largest absolute Gasteiger partial charge is 0.393 e. The highest BCUT2D eigenvalue weighted by atomic mass is 16.3. The van der Waals surface area contributed by atoms with Gasteiger partial charge in [-0.2, -0.15) is 0 Å². The molecule has 0 atom stereocenters. The van der Waals surface area contributed by atoms with Crippen LogP contribution in [-0.4, -0.2) is 35.5 Å². The summed E-state index contributed by atoms with van der Waals surface area (Å²) < 4.78 is 1.99. The summed E-state index contributed by atoms with van der Waals surface area (Å²) in [5, 5.41) is 10.8. The van der Waals surface area contributed by atoms with E-state index in [1.165, 1.54) is 0 Å². The van der Waals surface area contributed by atoms with Crippen molar-refractivity contribution in [2.24, 2.45) is 0 Å². The Morgan fingerprint density at radius 3 is 2.61 bits per heavy atom. The third-order valence-electron chi connectivity index (χ3n) is 5.98. The van der Waals surface area contributed by atoms with E-state index < -0.39 is 0 Å². The molecule has 1 saturated carbocycles. The molecule has 0 unspecified atom stereocenters. The number of rotatable bonds is 3. The van der Waals surface area contributed by atoms with Crippen molar-refractivity contribution >= 4 is 22.2 Å². The molecule has 0 saturated heterocycles. The van der Waals surface area contributed by atoms with Crippen LogP contribution in [0.25, 0.3) is 39.2 Å². The summed E-state index contributed by atoms with van der Waals surface area (Å²) in [7, 11) is 0. The van der Waals surface area contributed by atoms with Crippen LogP contribution in [-0.2, 0) is 0 Å². The minimum atomic E-state index is -0.267. The lowest BCUT2D eigenvalue weighted by Gasteiger charge is -2.30. The van der Waals surface area contributed by atoms with Gasteiger partial charge in [0, 0.05) is 41.0 Å². The van der Waals surface area contributed by atoms with Gasteiger partial charge in [0.2, 0.25) is 0 Å². The molecule has 7 nitrogen and oxygen atoms in total. The number of nitrogen functional groups attached to an aromatic ring is 1. The van der Waals surface area contributed by atoms with Gasteiger partial charge in [-0.15, -0.1) is 0 Å². The van der Waals surface area contributed by atoms with Gasteiger partial charge < -0.3 is 10.8 Å². The molecule has 7 heteroatoms. The molecule has 6 rings (SSSR count). The second-order valence-electron chi connectivity index (χ2n) is 8.01. The zero-order valence-electron chi connectivity index (χ0n) is 16.7. The van der Waals surface area contributed by atoms with Crippen molar-refractivity contribution in [3.8, 4) is 22.8 Å². The van der Waals surface area contributed by atoms with Crippen molar-refractivity contribution in [1.29, 1.82) is 0 Å². The van der Waals surface area contributed by atoms with E-state index in [4.69, 9.17) is 15.7 Å². The van der Waals surface area contributed by atoms with E-state index in [1.807, 2.05) is 65.3 Å². The summed E-state index contributed by atoms with van der Waals surface area (Å²) in [4.78, 5) is 18.5. The number of benzene rings is 2. The van der Waals surface area contributed by atoms with E-state index in [-0.39, 0.29) is 12.0 Å². The van der Waals surface area contributed by atoms with Crippen molar-refractivity contribution in [2.45, 2.75) is 24.9 Å². The van der Waals surface area contributed by atoms with Crippen LogP contribution in [0.5, 0.6) is 0 Å². The maximum atomic E-state index is 9.79. The Labute approximate surface area is 178 Å². The number of fused-ring (bicyclic) bond motifs is 2. The molecule has 1 aliphatic rings. The highest BCUT2D eigenvalue weighted by Crippen LogP contribution is 2.40. The number of aliphatic hydroxyl groups excluding tert-OH is 1. The Kier molecular flexibility index (Phi) is 3.97. The van der Waals surface area contributed by atoms with Crippen LogP contribution in [0, 0.1) is 0 Å². The van der Waals surface area contributed by atoms with Crippen LogP contribution in [0.3, 0.4) is 0 Å².